The second kappa shape index (κ2) is 4.62. The molecule has 4 saturated carbocycles. The van der Waals surface area contributed by atoms with Gasteiger partial charge < -0.3 is 0 Å². The molecule has 1 nitrogen and oxygen atoms in total. The van der Waals surface area contributed by atoms with Crippen LogP contribution in [0.15, 0.2) is 18.2 Å². The molecule has 4 aliphatic rings. The highest BCUT2D eigenvalue weighted by Crippen LogP contribution is 2.60. The number of hydrogen-bond acceptors (Lipinski definition) is 1. The lowest BCUT2D eigenvalue weighted by atomic mass is 9.48. The van der Waals surface area contributed by atoms with Gasteiger partial charge >= 0.3 is 0 Å². The van der Waals surface area contributed by atoms with Gasteiger partial charge in [0.2, 0.25) is 0 Å². The molecule has 0 heterocycles. The van der Waals surface area contributed by atoms with E-state index in [2.05, 4.69) is 0 Å². The largest absolute Gasteiger partial charge is 0.299 e. The first-order chi connectivity index (χ1) is 10.0. The zero-order valence-corrected chi connectivity index (χ0v) is 12.1. The SMILES string of the molecule is O=C(Cc1cc(F)cc(F)c1)C12CC3CC(CC(C3)C1)C2. The van der Waals surface area contributed by atoms with Crippen molar-refractivity contribution in [1.29, 1.82) is 0 Å². The van der Waals surface area contributed by atoms with Crippen molar-refractivity contribution in [2.75, 3.05) is 0 Å². The number of carbonyl (C=O) groups excluding carboxylic acids is 1. The monoisotopic (exact) mass is 290 g/mol. The van der Waals surface area contributed by atoms with Crippen LogP contribution in [0, 0.1) is 34.8 Å². The molecule has 0 amide bonds. The second-order valence-electron chi connectivity index (χ2n) is 7.58. The van der Waals surface area contributed by atoms with Crippen LogP contribution in [0.2, 0.25) is 0 Å². The molecule has 4 bridgehead atoms. The van der Waals surface area contributed by atoms with E-state index in [1.165, 1.54) is 31.4 Å². The Morgan fingerprint density at radius 1 is 0.952 bits per heavy atom. The number of carbonyl (C=O) groups is 1. The molecule has 0 atom stereocenters. The predicted molar refractivity (Wildman–Crippen MR) is 75.7 cm³/mol. The minimum Gasteiger partial charge on any atom is -0.299 e. The lowest BCUT2D eigenvalue weighted by molar-refractivity contribution is -0.143. The van der Waals surface area contributed by atoms with Gasteiger partial charge in [0.1, 0.15) is 17.4 Å². The molecule has 21 heavy (non-hydrogen) atoms. The molecular formula is C18H20F2O. The lowest BCUT2D eigenvalue weighted by Crippen LogP contribution is -2.50. The number of halogens is 2. The fourth-order valence-electron chi connectivity index (χ4n) is 5.54. The van der Waals surface area contributed by atoms with Crippen LogP contribution in [-0.2, 0) is 11.2 Å². The van der Waals surface area contributed by atoms with E-state index in [-0.39, 0.29) is 17.6 Å². The van der Waals surface area contributed by atoms with Crippen LogP contribution >= 0.6 is 0 Å². The maximum atomic E-state index is 13.3. The maximum Gasteiger partial charge on any atom is 0.143 e. The number of hydrogen-bond donors (Lipinski definition) is 0. The molecule has 0 spiro atoms. The van der Waals surface area contributed by atoms with E-state index in [1.807, 2.05) is 0 Å². The molecule has 0 aliphatic heterocycles. The first-order valence-electron chi connectivity index (χ1n) is 8.01. The van der Waals surface area contributed by atoms with Gasteiger partial charge in [0, 0.05) is 17.9 Å². The Hall–Kier alpha value is -1.25. The molecule has 3 heteroatoms. The van der Waals surface area contributed by atoms with Gasteiger partial charge in [-0.1, -0.05) is 0 Å². The first-order valence-corrected chi connectivity index (χ1v) is 8.01. The summed E-state index contributed by atoms with van der Waals surface area (Å²) in [6.07, 6.45) is 7.09. The molecule has 1 aromatic rings. The van der Waals surface area contributed by atoms with E-state index in [0.717, 1.165) is 25.3 Å². The Balaban J connectivity index is 1.57. The molecule has 0 unspecified atom stereocenters. The van der Waals surface area contributed by atoms with E-state index in [0.29, 0.717) is 23.3 Å². The molecule has 112 valence electrons. The quantitative estimate of drug-likeness (QED) is 0.811. The van der Waals surface area contributed by atoms with E-state index >= 15 is 0 Å². The Morgan fingerprint density at radius 2 is 1.43 bits per heavy atom. The average Bonchev–Trinajstić information content (AvgIpc) is 2.35. The maximum absolute atomic E-state index is 13.3. The summed E-state index contributed by atoms with van der Waals surface area (Å²) in [5, 5.41) is 0. The minimum atomic E-state index is -0.594. The Morgan fingerprint density at radius 3 is 1.90 bits per heavy atom. The van der Waals surface area contributed by atoms with E-state index in [9.17, 15) is 13.6 Å². The molecule has 0 aromatic heterocycles. The summed E-state index contributed by atoms with van der Waals surface area (Å²) in [7, 11) is 0. The van der Waals surface area contributed by atoms with Gasteiger partial charge in [-0.3, -0.25) is 4.79 Å². The van der Waals surface area contributed by atoms with Crippen molar-refractivity contribution >= 4 is 5.78 Å². The van der Waals surface area contributed by atoms with Crippen molar-refractivity contribution in [3.8, 4) is 0 Å². The smallest absolute Gasteiger partial charge is 0.143 e. The summed E-state index contributed by atoms with van der Waals surface area (Å²) in [5.41, 5.74) is 0.297. The Kier molecular flexibility index (Phi) is 2.95. The zero-order chi connectivity index (χ0) is 14.6. The van der Waals surface area contributed by atoms with E-state index in [1.54, 1.807) is 0 Å². The van der Waals surface area contributed by atoms with Gasteiger partial charge in [-0.05, 0) is 74.0 Å². The van der Waals surface area contributed by atoms with Crippen molar-refractivity contribution in [2.24, 2.45) is 23.2 Å². The van der Waals surface area contributed by atoms with Crippen LogP contribution in [0.1, 0.15) is 44.1 Å². The predicted octanol–water partition coefficient (Wildman–Crippen LogP) is 4.29. The molecule has 0 saturated heterocycles. The zero-order valence-electron chi connectivity index (χ0n) is 12.1. The van der Waals surface area contributed by atoms with Crippen LogP contribution in [0.4, 0.5) is 8.78 Å². The minimum absolute atomic E-state index is 0.181. The molecule has 0 N–H and O–H groups in total. The molecule has 4 fully saturated rings. The lowest BCUT2D eigenvalue weighted by Gasteiger charge is -2.56. The highest BCUT2D eigenvalue weighted by Gasteiger charge is 2.53. The molecular weight excluding hydrogens is 270 g/mol. The van der Waals surface area contributed by atoms with Crippen molar-refractivity contribution in [1.82, 2.24) is 0 Å². The standard InChI is InChI=1S/C18H20F2O/c19-15-4-11(5-16(20)7-15)6-17(21)18-8-12-1-13(9-18)3-14(2-12)10-18/h4-5,7,12-14H,1-3,6,8-10H2. The van der Waals surface area contributed by atoms with Crippen LogP contribution in [0.3, 0.4) is 0 Å². The summed E-state index contributed by atoms with van der Waals surface area (Å²) < 4.78 is 26.6. The van der Waals surface area contributed by atoms with Gasteiger partial charge in [0.15, 0.2) is 0 Å². The van der Waals surface area contributed by atoms with E-state index in [4.69, 9.17) is 0 Å². The molecule has 5 rings (SSSR count). The summed E-state index contributed by atoms with van der Waals surface area (Å²) in [6.45, 7) is 0. The number of benzene rings is 1. The van der Waals surface area contributed by atoms with Crippen LogP contribution in [0.5, 0.6) is 0 Å². The average molecular weight is 290 g/mol. The normalized spacial score (nSPS) is 37.0. The van der Waals surface area contributed by atoms with Crippen LogP contribution in [0.25, 0.3) is 0 Å². The van der Waals surface area contributed by atoms with Gasteiger partial charge in [-0.2, -0.15) is 0 Å². The third-order valence-electron chi connectivity index (χ3n) is 5.92. The molecule has 4 aliphatic carbocycles. The fraction of sp³-hybridized carbons (Fsp3) is 0.611. The number of Topliss-reactive ketones (excluding diaryl/α,β-unsaturated/α-hetero) is 1. The molecule has 1 aromatic carbocycles. The third kappa shape index (κ3) is 2.31. The number of ketones is 1. The third-order valence-corrected chi connectivity index (χ3v) is 5.92. The van der Waals surface area contributed by atoms with Gasteiger partial charge in [0.25, 0.3) is 0 Å². The topological polar surface area (TPSA) is 17.1 Å². The van der Waals surface area contributed by atoms with Crippen LogP contribution < -0.4 is 0 Å². The Bertz CT molecular complexity index is 537. The highest BCUT2D eigenvalue weighted by molar-refractivity contribution is 5.87. The van der Waals surface area contributed by atoms with Crippen molar-refractivity contribution < 1.29 is 13.6 Å². The van der Waals surface area contributed by atoms with Gasteiger partial charge in [-0.15, -0.1) is 0 Å². The highest BCUT2D eigenvalue weighted by atomic mass is 19.1. The van der Waals surface area contributed by atoms with Gasteiger partial charge in [0.05, 0.1) is 0 Å². The van der Waals surface area contributed by atoms with E-state index < -0.39 is 11.6 Å². The Labute approximate surface area is 123 Å². The fourth-order valence-corrected chi connectivity index (χ4v) is 5.54. The van der Waals surface area contributed by atoms with Crippen molar-refractivity contribution in [3.63, 3.8) is 0 Å². The summed E-state index contributed by atoms with van der Waals surface area (Å²) in [4.78, 5) is 12.8. The summed E-state index contributed by atoms with van der Waals surface area (Å²) in [5.74, 6) is 1.16. The summed E-state index contributed by atoms with van der Waals surface area (Å²) >= 11 is 0. The summed E-state index contributed by atoms with van der Waals surface area (Å²) in [6, 6.07) is 3.45. The number of rotatable bonds is 3. The second-order valence-corrected chi connectivity index (χ2v) is 7.58. The van der Waals surface area contributed by atoms with Crippen molar-refractivity contribution in [2.45, 2.75) is 44.9 Å². The van der Waals surface area contributed by atoms with Crippen LogP contribution in [-0.4, -0.2) is 5.78 Å². The first kappa shape index (κ1) is 13.4. The molecule has 0 radical (unpaired) electrons. The van der Waals surface area contributed by atoms with Crippen molar-refractivity contribution in [3.05, 3.63) is 35.4 Å². The van der Waals surface area contributed by atoms with Gasteiger partial charge in [-0.25, -0.2) is 8.78 Å².